The van der Waals surface area contributed by atoms with Gasteiger partial charge in [0.1, 0.15) is 0 Å². The zero-order valence-electron chi connectivity index (χ0n) is 8.82. The van der Waals surface area contributed by atoms with Gasteiger partial charge in [0.25, 0.3) is 10.2 Å². The van der Waals surface area contributed by atoms with Crippen LogP contribution in [0.5, 0.6) is 0 Å². The van der Waals surface area contributed by atoms with Crippen molar-refractivity contribution in [3.63, 3.8) is 0 Å². The summed E-state index contributed by atoms with van der Waals surface area (Å²) in [5.41, 5.74) is -0.640. The minimum Gasteiger partial charge on any atom is -0.394 e. The second kappa shape index (κ2) is 5.22. The molecule has 0 radical (unpaired) electrons. The number of hydrogen-bond donors (Lipinski definition) is 3. The Morgan fingerprint density at radius 2 is 2.13 bits per heavy atom. The van der Waals surface area contributed by atoms with Crippen molar-refractivity contribution in [2.24, 2.45) is 0 Å². The van der Waals surface area contributed by atoms with Crippen molar-refractivity contribution < 1.29 is 18.3 Å². The molecule has 1 rings (SSSR count). The Labute approximate surface area is 90.2 Å². The molecular weight excluding hydrogens is 220 g/mol. The quantitative estimate of drug-likeness (QED) is 0.495. The van der Waals surface area contributed by atoms with Crippen LogP contribution in [0.1, 0.15) is 19.3 Å². The highest BCUT2D eigenvalue weighted by molar-refractivity contribution is 7.87. The fourth-order valence-corrected chi connectivity index (χ4v) is 2.76. The van der Waals surface area contributed by atoms with E-state index in [-0.39, 0.29) is 13.2 Å². The number of methoxy groups -OCH3 is 1. The van der Waals surface area contributed by atoms with Gasteiger partial charge in [-0.15, -0.1) is 0 Å². The highest BCUT2D eigenvalue weighted by Gasteiger charge is 2.39. The average Bonchev–Trinajstić information content (AvgIpc) is 2.12. The van der Waals surface area contributed by atoms with E-state index in [1.54, 1.807) is 0 Å². The van der Waals surface area contributed by atoms with Crippen LogP contribution in [-0.2, 0) is 14.9 Å². The molecule has 0 spiro atoms. The van der Waals surface area contributed by atoms with Crippen molar-refractivity contribution in [2.45, 2.75) is 24.8 Å². The second-order valence-corrected chi connectivity index (χ2v) is 5.28. The fourth-order valence-electron chi connectivity index (χ4n) is 1.50. The minimum absolute atomic E-state index is 0.155. The molecule has 7 heteroatoms. The standard InChI is InChI=1S/C8H18N2O4S/c1-14-6-5-9-15(12,13)10-8(7-11)3-2-4-8/h9-11H,2-7H2,1H3. The average molecular weight is 238 g/mol. The van der Waals surface area contributed by atoms with E-state index >= 15 is 0 Å². The Bertz CT molecular complexity index is 282. The predicted octanol–water partition coefficient (Wildman–Crippen LogP) is -1.03. The summed E-state index contributed by atoms with van der Waals surface area (Å²) in [4.78, 5) is 0. The van der Waals surface area contributed by atoms with Crippen LogP contribution in [0, 0.1) is 0 Å². The molecule has 3 N–H and O–H groups in total. The summed E-state index contributed by atoms with van der Waals surface area (Å²) in [6.07, 6.45) is 2.32. The second-order valence-electron chi connectivity index (χ2n) is 3.78. The first-order valence-corrected chi connectivity index (χ1v) is 6.40. The lowest BCUT2D eigenvalue weighted by Crippen LogP contribution is -2.58. The van der Waals surface area contributed by atoms with Gasteiger partial charge in [0, 0.05) is 13.7 Å². The SMILES string of the molecule is COCCNS(=O)(=O)NC1(CO)CCC1. The summed E-state index contributed by atoms with van der Waals surface area (Å²) < 4.78 is 32.5. The molecule has 0 saturated heterocycles. The number of hydrogen-bond acceptors (Lipinski definition) is 4. The summed E-state index contributed by atoms with van der Waals surface area (Å²) in [5, 5.41) is 9.09. The molecule has 0 unspecified atom stereocenters. The smallest absolute Gasteiger partial charge is 0.277 e. The first kappa shape index (κ1) is 12.9. The molecule has 1 fully saturated rings. The molecule has 0 aromatic heterocycles. The van der Waals surface area contributed by atoms with Gasteiger partial charge >= 0.3 is 0 Å². The summed E-state index contributed by atoms with van der Waals surface area (Å²) in [6.45, 7) is 0.401. The largest absolute Gasteiger partial charge is 0.394 e. The van der Waals surface area contributed by atoms with Crippen LogP contribution in [0.25, 0.3) is 0 Å². The Morgan fingerprint density at radius 1 is 1.47 bits per heavy atom. The Morgan fingerprint density at radius 3 is 2.53 bits per heavy atom. The Balaban J connectivity index is 2.41. The highest BCUT2D eigenvalue weighted by Crippen LogP contribution is 2.31. The van der Waals surface area contributed by atoms with Crippen LogP contribution in [-0.4, -0.2) is 45.9 Å². The number of aliphatic hydroxyl groups excluding tert-OH is 1. The van der Waals surface area contributed by atoms with E-state index in [9.17, 15) is 8.42 Å². The topological polar surface area (TPSA) is 87.7 Å². The molecule has 1 aliphatic rings. The maximum atomic E-state index is 11.5. The molecule has 0 heterocycles. The lowest BCUT2D eigenvalue weighted by Gasteiger charge is -2.40. The van der Waals surface area contributed by atoms with Crippen molar-refractivity contribution in [1.29, 1.82) is 0 Å². The summed E-state index contributed by atoms with van der Waals surface area (Å²) >= 11 is 0. The third-order valence-corrected chi connectivity index (χ3v) is 3.85. The third-order valence-electron chi connectivity index (χ3n) is 2.56. The maximum absolute atomic E-state index is 11.5. The van der Waals surface area contributed by atoms with Crippen LogP contribution in [0.2, 0.25) is 0 Å². The summed E-state index contributed by atoms with van der Waals surface area (Å²) in [6, 6.07) is 0. The number of aliphatic hydroxyl groups is 1. The van der Waals surface area contributed by atoms with E-state index < -0.39 is 15.7 Å². The molecule has 1 saturated carbocycles. The van der Waals surface area contributed by atoms with Crippen LogP contribution >= 0.6 is 0 Å². The first-order valence-electron chi connectivity index (χ1n) is 4.92. The molecular formula is C8H18N2O4S. The molecule has 90 valence electrons. The van der Waals surface area contributed by atoms with Crippen molar-refractivity contribution in [2.75, 3.05) is 26.9 Å². The van der Waals surface area contributed by atoms with E-state index in [0.29, 0.717) is 19.4 Å². The lowest BCUT2D eigenvalue weighted by atomic mass is 9.78. The van der Waals surface area contributed by atoms with Crippen molar-refractivity contribution in [1.82, 2.24) is 9.44 Å². The third kappa shape index (κ3) is 3.69. The number of nitrogens with one attached hydrogen (secondary N) is 2. The molecule has 15 heavy (non-hydrogen) atoms. The summed E-state index contributed by atoms with van der Waals surface area (Å²) in [5.74, 6) is 0. The highest BCUT2D eigenvalue weighted by atomic mass is 32.2. The first-order chi connectivity index (χ1) is 7.04. The molecule has 6 nitrogen and oxygen atoms in total. The normalized spacial score (nSPS) is 19.9. The number of rotatable bonds is 7. The molecule has 0 aromatic rings. The van der Waals surface area contributed by atoms with Gasteiger partial charge < -0.3 is 9.84 Å². The monoisotopic (exact) mass is 238 g/mol. The van der Waals surface area contributed by atoms with Gasteiger partial charge in [0.15, 0.2) is 0 Å². The van der Waals surface area contributed by atoms with Gasteiger partial charge in [-0.2, -0.15) is 17.9 Å². The minimum atomic E-state index is -3.52. The van der Waals surface area contributed by atoms with Crippen LogP contribution in [0.3, 0.4) is 0 Å². The van der Waals surface area contributed by atoms with E-state index in [2.05, 4.69) is 9.44 Å². The van der Waals surface area contributed by atoms with Gasteiger partial charge in [-0.25, -0.2) is 0 Å². The predicted molar refractivity (Wildman–Crippen MR) is 55.6 cm³/mol. The van der Waals surface area contributed by atoms with E-state index in [1.165, 1.54) is 7.11 Å². The van der Waals surface area contributed by atoms with Crippen LogP contribution in [0.15, 0.2) is 0 Å². The Kier molecular flexibility index (Phi) is 4.47. The van der Waals surface area contributed by atoms with Gasteiger partial charge in [-0.05, 0) is 19.3 Å². The summed E-state index contributed by atoms with van der Waals surface area (Å²) in [7, 11) is -2.02. The van der Waals surface area contributed by atoms with Crippen molar-refractivity contribution >= 4 is 10.2 Å². The zero-order chi connectivity index (χ0) is 11.4. The molecule has 0 amide bonds. The molecule has 0 aromatic carbocycles. The van der Waals surface area contributed by atoms with Gasteiger partial charge in [0.05, 0.1) is 18.8 Å². The molecule has 0 atom stereocenters. The van der Waals surface area contributed by atoms with Gasteiger partial charge in [-0.1, -0.05) is 0 Å². The van der Waals surface area contributed by atoms with E-state index in [1.807, 2.05) is 0 Å². The fraction of sp³-hybridized carbons (Fsp3) is 1.00. The maximum Gasteiger partial charge on any atom is 0.277 e. The lowest BCUT2D eigenvalue weighted by molar-refractivity contribution is 0.110. The van der Waals surface area contributed by atoms with Crippen molar-refractivity contribution in [3.05, 3.63) is 0 Å². The molecule has 0 aliphatic heterocycles. The van der Waals surface area contributed by atoms with Crippen molar-refractivity contribution in [3.8, 4) is 0 Å². The molecule has 1 aliphatic carbocycles. The number of ether oxygens (including phenoxy) is 1. The van der Waals surface area contributed by atoms with Gasteiger partial charge in [0.2, 0.25) is 0 Å². The van der Waals surface area contributed by atoms with Gasteiger partial charge in [-0.3, -0.25) is 0 Å². The Hall–Kier alpha value is -0.210. The van der Waals surface area contributed by atoms with E-state index in [0.717, 1.165) is 6.42 Å². The molecule has 0 bridgehead atoms. The van der Waals surface area contributed by atoms with E-state index in [4.69, 9.17) is 9.84 Å². The van der Waals surface area contributed by atoms with Crippen LogP contribution in [0.4, 0.5) is 0 Å². The zero-order valence-corrected chi connectivity index (χ0v) is 9.64. The van der Waals surface area contributed by atoms with Crippen LogP contribution < -0.4 is 9.44 Å².